The molecular weight excluding hydrogens is 254 g/mol. The average molecular weight is 281 g/mol. The molecule has 114 valence electrons. The number of nitrogens with one attached hydrogen (secondary N) is 1. The second kappa shape index (κ2) is 7.07. The minimum atomic E-state index is 0.189. The molecule has 0 aliphatic carbocycles. The maximum Gasteiger partial charge on any atom is 0.225 e. The van der Waals surface area contributed by atoms with Gasteiger partial charge in [0.1, 0.15) is 0 Å². The molecule has 5 nitrogen and oxygen atoms in total. The van der Waals surface area contributed by atoms with E-state index in [4.69, 9.17) is 0 Å². The first kappa shape index (κ1) is 15.3. The molecule has 0 radical (unpaired) electrons. The molecule has 0 spiro atoms. The lowest BCUT2D eigenvalue weighted by Gasteiger charge is -2.37. The zero-order chi connectivity index (χ0) is 14.5. The van der Waals surface area contributed by atoms with Gasteiger partial charge in [0.15, 0.2) is 0 Å². The van der Waals surface area contributed by atoms with E-state index in [-0.39, 0.29) is 11.8 Å². The van der Waals surface area contributed by atoms with Crippen molar-refractivity contribution in [3.05, 3.63) is 0 Å². The number of carbonyl (C=O) groups is 2. The van der Waals surface area contributed by atoms with Crippen molar-refractivity contribution in [2.24, 2.45) is 11.8 Å². The third kappa shape index (κ3) is 3.95. The summed E-state index contributed by atoms with van der Waals surface area (Å²) in [5.41, 5.74) is 0. The molecule has 0 aromatic carbocycles. The van der Waals surface area contributed by atoms with E-state index in [1.807, 2.05) is 9.80 Å². The number of rotatable bonds is 3. The summed E-state index contributed by atoms with van der Waals surface area (Å²) >= 11 is 0. The largest absolute Gasteiger partial charge is 0.339 e. The average Bonchev–Trinajstić information content (AvgIpc) is 2.47. The lowest BCUT2D eigenvalue weighted by Crippen LogP contribution is -2.52. The molecule has 2 amide bonds. The van der Waals surface area contributed by atoms with Gasteiger partial charge in [-0.3, -0.25) is 9.59 Å². The first-order valence-electron chi connectivity index (χ1n) is 7.85. The normalized spacial score (nSPS) is 21.4. The van der Waals surface area contributed by atoms with Crippen LogP contribution in [-0.2, 0) is 9.59 Å². The summed E-state index contributed by atoms with van der Waals surface area (Å²) in [5.74, 6) is 1.11. The van der Waals surface area contributed by atoms with Crippen molar-refractivity contribution in [3.8, 4) is 0 Å². The fourth-order valence-electron chi connectivity index (χ4n) is 2.98. The van der Waals surface area contributed by atoms with Crippen molar-refractivity contribution < 1.29 is 9.59 Å². The minimum absolute atomic E-state index is 0.189. The Hall–Kier alpha value is -1.10. The van der Waals surface area contributed by atoms with E-state index in [1.54, 1.807) is 0 Å². The SMILES string of the molecule is CC(C)CC(=O)N1CCN(C(=O)C2CCNCC2)CC1. The summed E-state index contributed by atoms with van der Waals surface area (Å²) in [5, 5.41) is 3.29. The Labute approximate surface area is 121 Å². The van der Waals surface area contributed by atoms with E-state index >= 15 is 0 Å². The number of carbonyl (C=O) groups excluding carboxylic acids is 2. The summed E-state index contributed by atoms with van der Waals surface area (Å²) in [7, 11) is 0. The predicted molar refractivity (Wildman–Crippen MR) is 78.2 cm³/mol. The van der Waals surface area contributed by atoms with Crippen molar-refractivity contribution in [1.29, 1.82) is 0 Å². The third-order valence-corrected chi connectivity index (χ3v) is 4.22. The van der Waals surface area contributed by atoms with E-state index in [9.17, 15) is 9.59 Å². The lowest BCUT2D eigenvalue weighted by atomic mass is 9.96. The number of hydrogen-bond donors (Lipinski definition) is 1. The molecule has 20 heavy (non-hydrogen) atoms. The van der Waals surface area contributed by atoms with Crippen LogP contribution < -0.4 is 5.32 Å². The number of hydrogen-bond acceptors (Lipinski definition) is 3. The summed E-state index contributed by atoms with van der Waals surface area (Å²) in [4.78, 5) is 28.3. The van der Waals surface area contributed by atoms with Gasteiger partial charge in [-0.2, -0.15) is 0 Å². The topological polar surface area (TPSA) is 52.7 Å². The molecule has 0 unspecified atom stereocenters. The molecule has 0 aromatic rings. The molecule has 2 aliphatic heterocycles. The van der Waals surface area contributed by atoms with Crippen LogP contribution >= 0.6 is 0 Å². The highest BCUT2D eigenvalue weighted by Crippen LogP contribution is 2.17. The van der Waals surface area contributed by atoms with Gasteiger partial charge in [-0.25, -0.2) is 0 Å². The number of amides is 2. The smallest absolute Gasteiger partial charge is 0.225 e. The van der Waals surface area contributed by atoms with E-state index in [2.05, 4.69) is 19.2 Å². The van der Waals surface area contributed by atoms with Crippen LogP contribution in [0.5, 0.6) is 0 Å². The van der Waals surface area contributed by atoms with Gasteiger partial charge >= 0.3 is 0 Å². The maximum absolute atomic E-state index is 12.4. The zero-order valence-corrected chi connectivity index (χ0v) is 12.7. The zero-order valence-electron chi connectivity index (χ0n) is 12.7. The van der Waals surface area contributed by atoms with Gasteiger partial charge in [-0.1, -0.05) is 13.8 Å². The number of piperazine rings is 1. The molecule has 0 saturated carbocycles. The first-order valence-corrected chi connectivity index (χ1v) is 7.85. The van der Waals surface area contributed by atoms with Crippen LogP contribution in [-0.4, -0.2) is 60.9 Å². The molecule has 2 heterocycles. The highest BCUT2D eigenvalue weighted by atomic mass is 16.2. The lowest BCUT2D eigenvalue weighted by molar-refractivity contribution is -0.143. The standard InChI is InChI=1S/C15H27N3O2/c1-12(2)11-14(19)17-7-9-18(10-8-17)15(20)13-3-5-16-6-4-13/h12-13,16H,3-11H2,1-2H3. The molecule has 2 saturated heterocycles. The Bertz CT molecular complexity index is 343. The van der Waals surface area contributed by atoms with Crippen LogP contribution in [0, 0.1) is 11.8 Å². The highest BCUT2D eigenvalue weighted by Gasteiger charge is 2.29. The van der Waals surface area contributed by atoms with Gasteiger partial charge in [-0.05, 0) is 31.8 Å². The van der Waals surface area contributed by atoms with Crippen LogP contribution in [0.1, 0.15) is 33.1 Å². The molecule has 0 aromatic heterocycles. The van der Waals surface area contributed by atoms with Crippen molar-refractivity contribution in [3.63, 3.8) is 0 Å². The molecule has 2 fully saturated rings. The maximum atomic E-state index is 12.4. The van der Waals surface area contributed by atoms with Gasteiger partial charge in [0.2, 0.25) is 11.8 Å². The summed E-state index contributed by atoms with van der Waals surface area (Å²) in [6.45, 7) is 8.82. The summed E-state index contributed by atoms with van der Waals surface area (Å²) < 4.78 is 0. The van der Waals surface area contributed by atoms with Gasteiger partial charge < -0.3 is 15.1 Å². The molecule has 0 bridgehead atoms. The number of nitrogens with zero attached hydrogens (tertiary/aromatic N) is 2. The Morgan fingerprint density at radius 2 is 1.60 bits per heavy atom. The predicted octanol–water partition coefficient (Wildman–Crippen LogP) is 0.703. The fraction of sp³-hybridized carbons (Fsp3) is 0.867. The molecule has 5 heteroatoms. The monoisotopic (exact) mass is 281 g/mol. The van der Waals surface area contributed by atoms with Crippen LogP contribution in [0.3, 0.4) is 0 Å². The van der Waals surface area contributed by atoms with Crippen molar-refractivity contribution in [2.75, 3.05) is 39.3 Å². The van der Waals surface area contributed by atoms with Gasteiger partial charge in [0.05, 0.1) is 0 Å². The quantitative estimate of drug-likeness (QED) is 0.828. The number of piperidine rings is 1. The Kier molecular flexibility index (Phi) is 5.40. The van der Waals surface area contributed by atoms with Crippen molar-refractivity contribution in [1.82, 2.24) is 15.1 Å². The van der Waals surface area contributed by atoms with E-state index < -0.39 is 0 Å². The molecule has 1 N–H and O–H groups in total. The molecule has 2 rings (SSSR count). The second-order valence-corrected chi connectivity index (χ2v) is 6.33. The first-order chi connectivity index (χ1) is 9.58. The van der Waals surface area contributed by atoms with E-state index in [0.29, 0.717) is 44.4 Å². The van der Waals surface area contributed by atoms with E-state index in [0.717, 1.165) is 25.9 Å². The molecular formula is C15H27N3O2. The van der Waals surface area contributed by atoms with Crippen molar-refractivity contribution in [2.45, 2.75) is 33.1 Å². The van der Waals surface area contributed by atoms with Gasteiger partial charge in [-0.15, -0.1) is 0 Å². The Morgan fingerprint density at radius 3 is 2.15 bits per heavy atom. The summed E-state index contributed by atoms with van der Waals surface area (Å²) in [6.07, 6.45) is 2.51. The van der Waals surface area contributed by atoms with Crippen molar-refractivity contribution >= 4 is 11.8 Å². The molecule has 0 atom stereocenters. The molecule has 2 aliphatic rings. The van der Waals surface area contributed by atoms with Gasteiger partial charge in [0, 0.05) is 38.5 Å². The highest BCUT2D eigenvalue weighted by molar-refractivity contribution is 5.80. The van der Waals surface area contributed by atoms with Crippen LogP contribution in [0.4, 0.5) is 0 Å². The van der Waals surface area contributed by atoms with Crippen LogP contribution in [0.25, 0.3) is 0 Å². The Balaban J connectivity index is 1.78. The second-order valence-electron chi connectivity index (χ2n) is 6.33. The fourth-order valence-corrected chi connectivity index (χ4v) is 2.98. The Morgan fingerprint density at radius 1 is 1.05 bits per heavy atom. The van der Waals surface area contributed by atoms with Crippen LogP contribution in [0.15, 0.2) is 0 Å². The van der Waals surface area contributed by atoms with Crippen LogP contribution in [0.2, 0.25) is 0 Å². The minimum Gasteiger partial charge on any atom is -0.339 e. The van der Waals surface area contributed by atoms with Gasteiger partial charge in [0.25, 0.3) is 0 Å². The summed E-state index contributed by atoms with van der Waals surface area (Å²) in [6, 6.07) is 0. The third-order valence-electron chi connectivity index (χ3n) is 4.22. The van der Waals surface area contributed by atoms with E-state index in [1.165, 1.54) is 0 Å².